The molecule has 0 unspecified atom stereocenters. The van der Waals surface area contributed by atoms with Crippen molar-refractivity contribution in [2.45, 2.75) is 25.4 Å². The van der Waals surface area contributed by atoms with Crippen molar-refractivity contribution in [3.63, 3.8) is 0 Å². The SMILES string of the molecule is C=C1[C@@H](C)C[C@H](CO)[C@@H](c2ccccc2)[C@H]1F. The molecule has 2 rings (SSSR count). The van der Waals surface area contributed by atoms with Crippen LogP contribution in [0.2, 0.25) is 0 Å². The molecule has 1 saturated carbocycles. The number of allylic oxidation sites excluding steroid dienone is 1. The molecule has 1 aliphatic rings. The third kappa shape index (κ3) is 2.27. The molecule has 1 N–H and O–H groups in total. The highest BCUT2D eigenvalue weighted by molar-refractivity contribution is 5.28. The van der Waals surface area contributed by atoms with Gasteiger partial charge in [0, 0.05) is 12.5 Å². The Labute approximate surface area is 102 Å². The van der Waals surface area contributed by atoms with E-state index in [-0.39, 0.29) is 24.4 Å². The summed E-state index contributed by atoms with van der Waals surface area (Å²) in [4.78, 5) is 0. The molecular formula is C15H19FO. The van der Waals surface area contributed by atoms with Crippen LogP contribution in [0.4, 0.5) is 4.39 Å². The van der Waals surface area contributed by atoms with E-state index >= 15 is 0 Å². The topological polar surface area (TPSA) is 20.2 Å². The maximum Gasteiger partial charge on any atom is 0.128 e. The van der Waals surface area contributed by atoms with E-state index < -0.39 is 6.17 Å². The predicted molar refractivity (Wildman–Crippen MR) is 67.6 cm³/mol. The minimum absolute atomic E-state index is 0.00657. The molecular weight excluding hydrogens is 215 g/mol. The van der Waals surface area contributed by atoms with Crippen molar-refractivity contribution in [3.8, 4) is 0 Å². The average molecular weight is 234 g/mol. The van der Waals surface area contributed by atoms with Crippen molar-refractivity contribution in [1.29, 1.82) is 0 Å². The van der Waals surface area contributed by atoms with Gasteiger partial charge in [0.25, 0.3) is 0 Å². The Morgan fingerprint density at radius 3 is 2.59 bits per heavy atom. The highest BCUT2D eigenvalue weighted by Crippen LogP contribution is 2.44. The van der Waals surface area contributed by atoms with Crippen LogP contribution in [-0.4, -0.2) is 17.9 Å². The highest BCUT2D eigenvalue weighted by Gasteiger charge is 2.39. The number of alkyl halides is 1. The lowest BCUT2D eigenvalue weighted by Crippen LogP contribution is -2.35. The molecule has 0 heterocycles. The first-order valence-corrected chi connectivity index (χ1v) is 6.13. The Balaban J connectivity index is 2.32. The third-order valence-electron chi connectivity index (χ3n) is 3.89. The van der Waals surface area contributed by atoms with Crippen molar-refractivity contribution >= 4 is 0 Å². The molecule has 0 radical (unpaired) electrons. The Hall–Kier alpha value is -1.15. The fraction of sp³-hybridized carbons (Fsp3) is 0.467. The number of aliphatic hydroxyl groups excluding tert-OH is 1. The zero-order valence-electron chi connectivity index (χ0n) is 10.1. The van der Waals surface area contributed by atoms with E-state index in [1.807, 2.05) is 37.3 Å². The molecule has 1 aliphatic carbocycles. The van der Waals surface area contributed by atoms with Crippen LogP contribution in [0.25, 0.3) is 0 Å². The van der Waals surface area contributed by atoms with Gasteiger partial charge in [0.05, 0.1) is 0 Å². The van der Waals surface area contributed by atoms with E-state index in [9.17, 15) is 9.50 Å². The summed E-state index contributed by atoms with van der Waals surface area (Å²) in [5.41, 5.74) is 1.63. The van der Waals surface area contributed by atoms with Gasteiger partial charge in [0.15, 0.2) is 0 Å². The first kappa shape index (κ1) is 12.3. The van der Waals surface area contributed by atoms with Crippen molar-refractivity contribution < 1.29 is 9.50 Å². The number of hydrogen-bond acceptors (Lipinski definition) is 1. The summed E-state index contributed by atoms with van der Waals surface area (Å²) in [6, 6.07) is 9.62. The molecule has 0 aliphatic heterocycles. The quantitative estimate of drug-likeness (QED) is 0.778. The maximum atomic E-state index is 14.4. The smallest absolute Gasteiger partial charge is 0.128 e. The second-order valence-corrected chi connectivity index (χ2v) is 4.99. The van der Waals surface area contributed by atoms with Gasteiger partial charge in [-0.25, -0.2) is 4.39 Å². The molecule has 1 nitrogen and oxygen atoms in total. The van der Waals surface area contributed by atoms with Gasteiger partial charge in [0.1, 0.15) is 6.17 Å². The minimum Gasteiger partial charge on any atom is -0.396 e. The Kier molecular flexibility index (Phi) is 3.63. The lowest BCUT2D eigenvalue weighted by Gasteiger charge is -2.38. The van der Waals surface area contributed by atoms with Crippen molar-refractivity contribution in [2.24, 2.45) is 11.8 Å². The second kappa shape index (κ2) is 5.01. The maximum absolute atomic E-state index is 14.4. The van der Waals surface area contributed by atoms with Crippen molar-refractivity contribution in [2.75, 3.05) is 6.61 Å². The summed E-state index contributed by atoms with van der Waals surface area (Å²) >= 11 is 0. The second-order valence-electron chi connectivity index (χ2n) is 4.99. The van der Waals surface area contributed by atoms with E-state index in [1.54, 1.807) is 0 Å². The summed E-state index contributed by atoms with van der Waals surface area (Å²) in [5.74, 6) is -0.0973. The van der Waals surface area contributed by atoms with Crippen LogP contribution in [0.1, 0.15) is 24.8 Å². The lowest BCUT2D eigenvalue weighted by atomic mass is 9.69. The largest absolute Gasteiger partial charge is 0.396 e. The van der Waals surface area contributed by atoms with Crippen LogP contribution in [0, 0.1) is 11.8 Å². The standard InChI is InChI=1S/C15H19FO/c1-10-8-13(9-17)14(15(16)11(10)2)12-6-4-3-5-7-12/h3-7,10,13-15,17H,2,8-9H2,1H3/t10-,13+,14+,15-/m0/s1. The molecule has 0 bridgehead atoms. The fourth-order valence-electron chi connectivity index (χ4n) is 2.80. The van der Waals surface area contributed by atoms with E-state index in [1.165, 1.54) is 0 Å². The molecule has 1 aromatic carbocycles. The monoisotopic (exact) mass is 234 g/mol. The molecule has 1 aromatic rings. The molecule has 17 heavy (non-hydrogen) atoms. The summed E-state index contributed by atoms with van der Waals surface area (Å²) in [5, 5.41) is 9.45. The molecule has 0 aromatic heterocycles. The van der Waals surface area contributed by atoms with Crippen LogP contribution >= 0.6 is 0 Å². The molecule has 92 valence electrons. The van der Waals surface area contributed by atoms with Crippen LogP contribution in [0.5, 0.6) is 0 Å². The van der Waals surface area contributed by atoms with Crippen molar-refractivity contribution in [1.82, 2.24) is 0 Å². The van der Waals surface area contributed by atoms with Crippen LogP contribution < -0.4 is 0 Å². The Morgan fingerprint density at radius 2 is 2.00 bits per heavy atom. The molecule has 0 amide bonds. The summed E-state index contributed by atoms with van der Waals surface area (Å²) in [7, 11) is 0. The van der Waals surface area contributed by atoms with Gasteiger partial charge < -0.3 is 5.11 Å². The Morgan fingerprint density at radius 1 is 1.35 bits per heavy atom. The summed E-state index contributed by atoms with van der Waals surface area (Å²) in [6.07, 6.45) is -0.228. The molecule has 2 heteroatoms. The van der Waals surface area contributed by atoms with Gasteiger partial charge in [-0.3, -0.25) is 0 Å². The van der Waals surface area contributed by atoms with Gasteiger partial charge in [0.2, 0.25) is 0 Å². The van der Waals surface area contributed by atoms with Gasteiger partial charge >= 0.3 is 0 Å². The number of benzene rings is 1. The molecule has 4 atom stereocenters. The van der Waals surface area contributed by atoms with Crippen LogP contribution in [-0.2, 0) is 0 Å². The van der Waals surface area contributed by atoms with Gasteiger partial charge in [-0.05, 0) is 29.4 Å². The predicted octanol–water partition coefficient (Wildman–Crippen LogP) is 3.31. The fourth-order valence-corrected chi connectivity index (χ4v) is 2.80. The number of aliphatic hydroxyl groups is 1. The zero-order chi connectivity index (χ0) is 12.4. The minimum atomic E-state index is -1.04. The van der Waals surface area contributed by atoms with E-state index in [4.69, 9.17) is 0 Å². The van der Waals surface area contributed by atoms with Gasteiger partial charge in [-0.1, -0.05) is 43.8 Å². The van der Waals surface area contributed by atoms with Crippen molar-refractivity contribution in [3.05, 3.63) is 48.0 Å². The third-order valence-corrected chi connectivity index (χ3v) is 3.89. The van der Waals surface area contributed by atoms with E-state index in [0.29, 0.717) is 5.57 Å². The highest BCUT2D eigenvalue weighted by atomic mass is 19.1. The summed E-state index contributed by atoms with van der Waals surface area (Å²) < 4.78 is 14.4. The lowest BCUT2D eigenvalue weighted by molar-refractivity contribution is 0.119. The number of hydrogen-bond donors (Lipinski definition) is 1. The Bertz CT molecular complexity index is 387. The number of halogens is 1. The van der Waals surface area contributed by atoms with E-state index in [2.05, 4.69) is 6.58 Å². The normalized spacial score (nSPS) is 33.7. The number of rotatable bonds is 2. The molecule has 1 fully saturated rings. The first-order chi connectivity index (χ1) is 8.15. The van der Waals surface area contributed by atoms with Crippen LogP contribution in [0.15, 0.2) is 42.5 Å². The molecule has 0 spiro atoms. The van der Waals surface area contributed by atoms with Crippen LogP contribution in [0.3, 0.4) is 0 Å². The first-order valence-electron chi connectivity index (χ1n) is 6.13. The van der Waals surface area contributed by atoms with Gasteiger partial charge in [-0.2, -0.15) is 0 Å². The summed E-state index contributed by atoms with van der Waals surface area (Å²) in [6.45, 7) is 5.89. The zero-order valence-corrected chi connectivity index (χ0v) is 10.1. The average Bonchev–Trinajstić information content (AvgIpc) is 2.36. The van der Waals surface area contributed by atoms with Gasteiger partial charge in [-0.15, -0.1) is 0 Å². The molecule has 0 saturated heterocycles. The van der Waals surface area contributed by atoms with E-state index in [0.717, 1.165) is 12.0 Å².